The van der Waals surface area contributed by atoms with Crippen LogP contribution < -0.4 is 16.0 Å². The molecule has 0 saturated carbocycles. The van der Waals surface area contributed by atoms with E-state index in [9.17, 15) is 19.2 Å². The van der Waals surface area contributed by atoms with Gasteiger partial charge in [-0.25, -0.2) is 4.68 Å². The van der Waals surface area contributed by atoms with Gasteiger partial charge in [0.25, 0.3) is 5.91 Å². The van der Waals surface area contributed by atoms with Gasteiger partial charge in [0.05, 0.1) is 35.6 Å². The fraction of sp³-hybridized carbons (Fsp3) is 0.382. The van der Waals surface area contributed by atoms with Gasteiger partial charge in [-0.2, -0.15) is 0 Å². The Morgan fingerprint density at radius 3 is 2.52 bits per heavy atom. The molecular formula is C34H38N8O4. The summed E-state index contributed by atoms with van der Waals surface area (Å²) < 4.78 is 1.65. The normalized spacial score (nSPS) is 22.2. The smallest absolute Gasteiger partial charge is 0.256 e. The summed E-state index contributed by atoms with van der Waals surface area (Å²) in [6.45, 7) is 7.73. The quantitative estimate of drug-likeness (QED) is 0.316. The fourth-order valence-electron chi connectivity index (χ4n) is 6.27. The second kappa shape index (κ2) is 12.7. The van der Waals surface area contributed by atoms with Gasteiger partial charge in [-0.05, 0) is 37.0 Å². The average Bonchev–Trinajstić information content (AvgIpc) is 3.70. The van der Waals surface area contributed by atoms with Crippen LogP contribution in [0, 0.1) is 19.8 Å². The van der Waals surface area contributed by atoms with E-state index in [1.54, 1.807) is 22.7 Å². The number of carbonyl (C=O) groups is 4. The van der Waals surface area contributed by atoms with Crippen LogP contribution in [0.15, 0.2) is 60.8 Å². The average molecular weight is 623 g/mol. The first kappa shape index (κ1) is 30.9. The van der Waals surface area contributed by atoms with Gasteiger partial charge in [-0.1, -0.05) is 67.6 Å². The van der Waals surface area contributed by atoms with E-state index in [0.29, 0.717) is 17.0 Å². The number of nitrogens with one attached hydrogen (secondary N) is 3. The number of rotatable bonds is 4. The van der Waals surface area contributed by atoms with E-state index in [1.807, 2.05) is 75.4 Å². The Morgan fingerprint density at radius 2 is 1.76 bits per heavy atom. The van der Waals surface area contributed by atoms with Crippen molar-refractivity contribution in [1.29, 1.82) is 0 Å². The minimum atomic E-state index is -0.941. The molecule has 0 aliphatic carbocycles. The second-order valence-corrected chi connectivity index (χ2v) is 12.5. The maximum atomic E-state index is 14.2. The molecular weight excluding hydrogens is 584 g/mol. The molecule has 4 bridgehead atoms. The number of carbonyl (C=O) groups excluding carboxylic acids is 4. The number of benzene rings is 2. The highest BCUT2D eigenvalue weighted by Crippen LogP contribution is 2.31. The minimum absolute atomic E-state index is 0.102. The van der Waals surface area contributed by atoms with Crippen molar-refractivity contribution < 1.29 is 19.2 Å². The van der Waals surface area contributed by atoms with Crippen molar-refractivity contribution in [3.05, 3.63) is 88.9 Å². The van der Waals surface area contributed by atoms with Gasteiger partial charge in [0.15, 0.2) is 0 Å². The zero-order chi connectivity index (χ0) is 32.5. The molecule has 0 unspecified atom stereocenters. The van der Waals surface area contributed by atoms with Crippen molar-refractivity contribution in [2.45, 2.75) is 71.2 Å². The molecule has 238 valence electrons. The zero-order valence-corrected chi connectivity index (χ0v) is 26.4. The molecule has 4 atom stereocenters. The standard InChI is InChI=1S/C34H38N8O4/c1-19(2)29-33(45)37-27(13-22-10-6-5-7-11-22)31(43)35-16-24-17-42(40-39-24)25-15-28(32(44)38-29)41(18-25)34(46)26-14-23-12-8-9-20(3)30(23)36-21(26)4/h5-12,14,17,19,25,27-29H,13,15-16,18H2,1-4H3,(H,35,43)(H,37,45)(H,38,44)/t25-,27+,28-,29-/m0/s1. The molecule has 0 radical (unpaired) electrons. The summed E-state index contributed by atoms with van der Waals surface area (Å²) in [5.41, 5.74) is 4.20. The Hall–Kier alpha value is -5.13. The van der Waals surface area contributed by atoms with Crippen molar-refractivity contribution in [2.75, 3.05) is 6.54 Å². The molecule has 0 spiro atoms. The Labute approximate surface area is 266 Å². The summed E-state index contributed by atoms with van der Waals surface area (Å²) in [6, 6.07) is 14.0. The summed E-state index contributed by atoms with van der Waals surface area (Å²) in [7, 11) is 0. The molecule has 1 saturated heterocycles. The van der Waals surface area contributed by atoms with E-state index in [2.05, 4.69) is 26.3 Å². The lowest BCUT2D eigenvalue weighted by Gasteiger charge is -2.29. The number of likely N-dealkylation sites (tertiary alicyclic amines) is 1. The zero-order valence-electron chi connectivity index (χ0n) is 26.4. The minimum Gasteiger partial charge on any atom is -0.349 e. The van der Waals surface area contributed by atoms with Gasteiger partial charge < -0.3 is 20.9 Å². The van der Waals surface area contributed by atoms with Crippen molar-refractivity contribution in [3.8, 4) is 0 Å². The highest BCUT2D eigenvalue weighted by atomic mass is 16.2. The summed E-state index contributed by atoms with van der Waals surface area (Å²) in [6.07, 6.45) is 2.26. The number of fused-ring (bicyclic) bond motifs is 6. The Kier molecular flexibility index (Phi) is 8.53. The van der Waals surface area contributed by atoms with Crippen LogP contribution in [-0.4, -0.2) is 73.2 Å². The van der Waals surface area contributed by atoms with Crippen LogP contribution in [0.1, 0.15) is 59.2 Å². The third-order valence-corrected chi connectivity index (χ3v) is 8.85. The molecule has 12 heteroatoms. The van der Waals surface area contributed by atoms with E-state index in [0.717, 1.165) is 22.0 Å². The SMILES string of the molecule is Cc1nc2c(C)cccc2cc1C(=O)N1C[C@@H]2C[C@H]1C(=O)N[C@@H](C(C)C)C(=O)N[C@H](Cc1ccccc1)C(=O)NCc1cn2nn1. The van der Waals surface area contributed by atoms with Crippen molar-refractivity contribution in [1.82, 2.24) is 40.8 Å². The largest absolute Gasteiger partial charge is 0.349 e. The number of para-hydroxylation sites is 1. The highest BCUT2D eigenvalue weighted by molar-refractivity contribution is 6.02. The fourth-order valence-corrected chi connectivity index (χ4v) is 6.27. The number of amides is 4. The number of hydrogen-bond donors (Lipinski definition) is 3. The van der Waals surface area contributed by atoms with Crippen LogP contribution in [0.4, 0.5) is 0 Å². The van der Waals surface area contributed by atoms with Gasteiger partial charge in [0.2, 0.25) is 17.7 Å². The van der Waals surface area contributed by atoms with Crippen LogP contribution in [0.25, 0.3) is 10.9 Å². The van der Waals surface area contributed by atoms with Crippen molar-refractivity contribution in [3.63, 3.8) is 0 Å². The van der Waals surface area contributed by atoms with E-state index >= 15 is 0 Å². The van der Waals surface area contributed by atoms with Crippen LogP contribution >= 0.6 is 0 Å². The molecule has 2 aromatic heterocycles. The van der Waals surface area contributed by atoms with E-state index in [4.69, 9.17) is 4.98 Å². The van der Waals surface area contributed by atoms with Crippen LogP contribution in [0.5, 0.6) is 0 Å². The van der Waals surface area contributed by atoms with Crippen LogP contribution in [0.2, 0.25) is 0 Å². The summed E-state index contributed by atoms with van der Waals surface area (Å²) in [5, 5.41) is 18.0. The van der Waals surface area contributed by atoms with Crippen molar-refractivity contribution in [2.24, 2.45) is 5.92 Å². The van der Waals surface area contributed by atoms with Crippen molar-refractivity contribution >= 4 is 34.5 Å². The van der Waals surface area contributed by atoms with E-state index < -0.39 is 29.9 Å². The lowest BCUT2D eigenvalue weighted by Crippen LogP contribution is -2.58. The highest BCUT2D eigenvalue weighted by Gasteiger charge is 2.43. The predicted molar refractivity (Wildman–Crippen MR) is 170 cm³/mol. The van der Waals surface area contributed by atoms with Gasteiger partial charge in [0, 0.05) is 24.8 Å². The monoisotopic (exact) mass is 622 g/mol. The second-order valence-electron chi connectivity index (χ2n) is 12.5. The molecule has 1 fully saturated rings. The molecule has 2 aliphatic rings. The number of hydrogen-bond acceptors (Lipinski definition) is 7. The lowest BCUT2D eigenvalue weighted by atomic mass is 10.00. The Bertz CT molecular complexity index is 1800. The summed E-state index contributed by atoms with van der Waals surface area (Å²) in [4.78, 5) is 61.6. The molecule has 46 heavy (non-hydrogen) atoms. The Morgan fingerprint density at radius 1 is 0.978 bits per heavy atom. The molecule has 4 amide bonds. The number of aryl methyl sites for hydroxylation is 2. The molecule has 12 nitrogen and oxygen atoms in total. The maximum Gasteiger partial charge on any atom is 0.256 e. The first-order valence-corrected chi connectivity index (χ1v) is 15.6. The molecule has 2 aliphatic heterocycles. The van der Waals surface area contributed by atoms with E-state index in [-0.39, 0.29) is 49.7 Å². The first-order chi connectivity index (χ1) is 22.1. The summed E-state index contributed by atoms with van der Waals surface area (Å²) >= 11 is 0. The number of aromatic nitrogens is 4. The third kappa shape index (κ3) is 6.19. The molecule has 6 rings (SSSR count). The predicted octanol–water partition coefficient (Wildman–Crippen LogP) is 2.40. The van der Waals surface area contributed by atoms with Gasteiger partial charge in [-0.3, -0.25) is 24.2 Å². The Balaban J connectivity index is 1.34. The maximum absolute atomic E-state index is 14.2. The summed E-state index contributed by atoms with van der Waals surface area (Å²) in [5.74, 6) is -1.92. The van der Waals surface area contributed by atoms with E-state index in [1.165, 1.54) is 0 Å². The number of pyridine rings is 1. The van der Waals surface area contributed by atoms with Gasteiger partial charge in [0.1, 0.15) is 23.8 Å². The first-order valence-electron chi connectivity index (χ1n) is 15.6. The number of nitrogens with zero attached hydrogens (tertiary/aromatic N) is 5. The van der Waals surface area contributed by atoms with Crippen LogP contribution in [-0.2, 0) is 27.3 Å². The molecule has 3 N–H and O–H groups in total. The molecule has 4 heterocycles. The third-order valence-electron chi connectivity index (χ3n) is 8.85. The van der Waals surface area contributed by atoms with Gasteiger partial charge >= 0.3 is 0 Å². The van der Waals surface area contributed by atoms with Gasteiger partial charge in [-0.15, -0.1) is 5.10 Å². The molecule has 4 aromatic rings. The topological polar surface area (TPSA) is 151 Å². The molecule has 2 aromatic carbocycles. The lowest BCUT2D eigenvalue weighted by molar-refractivity contribution is -0.134. The van der Waals surface area contributed by atoms with Crippen LogP contribution in [0.3, 0.4) is 0 Å².